The number of hydrogen-bond donors (Lipinski definition) is 0. The number of rotatable bonds is 8. The zero-order valence-corrected chi connectivity index (χ0v) is 26.8. The summed E-state index contributed by atoms with van der Waals surface area (Å²) in [5, 5.41) is 8.92. The Morgan fingerprint density at radius 2 is 0.400 bits per heavy atom. The summed E-state index contributed by atoms with van der Waals surface area (Å²) >= 11 is 0. The van der Waals surface area contributed by atoms with Crippen molar-refractivity contribution in [2.75, 3.05) is 0 Å². The minimum Gasteiger partial charge on any atom is -0.0620 e. The van der Waals surface area contributed by atoms with Gasteiger partial charge in [0.15, 0.2) is 0 Å². The molecule has 0 aliphatic heterocycles. The molecule has 0 amide bonds. The average molecular weight is 607 g/mol. The van der Waals surface area contributed by atoms with Gasteiger partial charge in [0.2, 0.25) is 0 Å². The summed E-state index contributed by atoms with van der Waals surface area (Å²) in [7, 11) is -0.942. The van der Waals surface area contributed by atoms with Gasteiger partial charge in [0.25, 0.3) is 0 Å². The van der Waals surface area contributed by atoms with Crippen molar-refractivity contribution in [2.24, 2.45) is 0 Å². The van der Waals surface area contributed by atoms with E-state index in [0.29, 0.717) is 0 Å². The average Bonchev–Trinajstić information content (AvgIpc) is 3.04. The Kier molecular flexibility index (Phi) is 9.29. The number of hydrogen-bond acceptors (Lipinski definition) is 0. The van der Waals surface area contributed by atoms with Crippen molar-refractivity contribution in [3.8, 4) is 0 Å². The monoisotopic (exact) mass is 606 g/mol. The molecule has 6 aromatic carbocycles. The molecule has 194 valence electrons. The van der Waals surface area contributed by atoms with Crippen molar-refractivity contribution in [1.29, 1.82) is 0 Å². The van der Waals surface area contributed by atoms with Crippen LogP contribution in [0.2, 0.25) is 0 Å². The Morgan fingerprint density at radius 1 is 0.250 bits per heavy atom. The van der Waals surface area contributed by atoms with E-state index in [9.17, 15) is 0 Å². The summed E-state index contributed by atoms with van der Waals surface area (Å²) in [5.41, 5.74) is 0. The Labute approximate surface area is 252 Å². The fraction of sp³-hybridized carbons (Fsp3) is 0. The number of benzene rings is 6. The molecule has 6 rings (SSSR count). The first-order valence-electron chi connectivity index (χ1n) is 13.4. The summed E-state index contributed by atoms with van der Waals surface area (Å²) in [6, 6.07) is 68.5. The first-order valence-corrected chi connectivity index (χ1v) is 21.2. The van der Waals surface area contributed by atoms with Crippen LogP contribution in [0.15, 0.2) is 182 Å². The summed E-state index contributed by atoms with van der Waals surface area (Å²) < 4.78 is 0. The molecule has 0 aromatic heterocycles. The van der Waals surface area contributed by atoms with Gasteiger partial charge in [-0.25, -0.2) is 0 Å². The largest absolute Gasteiger partial charge is 0.399 e. The van der Waals surface area contributed by atoms with E-state index < -0.39 is 22.5 Å². The minimum atomic E-state index is -1.98. The van der Waals surface area contributed by atoms with E-state index in [2.05, 4.69) is 182 Å². The molecule has 40 heavy (non-hydrogen) atoms. The normalized spacial score (nSPS) is 11.4. The molecule has 0 fully saturated rings. The van der Waals surface area contributed by atoms with Crippen molar-refractivity contribution < 1.29 is 17.4 Å². The van der Waals surface area contributed by atoms with Crippen molar-refractivity contribution >= 4 is 54.3 Å². The van der Waals surface area contributed by atoms with E-state index in [4.69, 9.17) is 0 Å². The van der Waals surface area contributed by atoms with E-state index in [-0.39, 0.29) is 17.4 Å². The maximum atomic E-state index is 2.40. The molecule has 0 heterocycles. The molecule has 6 aromatic rings. The zero-order chi connectivity index (χ0) is 26.4. The molecular weight excluding hydrogens is 574 g/mol. The zero-order valence-electron chi connectivity index (χ0n) is 22.3. The molecule has 0 spiro atoms. The van der Waals surface area contributed by atoms with Crippen LogP contribution in [-0.2, 0) is 17.4 Å². The molecule has 0 unspecified atom stereocenters. The van der Waals surface area contributed by atoms with Crippen LogP contribution < -0.4 is 31.8 Å². The van der Waals surface area contributed by atoms with Crippen molar-refractivity contribution in [3.63, 3.8) is 0 Å². The van der Waals surface area contributed by atoms with E-state index in [1.807, 2.05) is 0 Å². The predicted octanol–water partition coefficient (Wildman–Crippen LogP) is 5.97. The van der Waals surface area contributed by atoms with Crippen LogP contribution in [0.3, 0.4) is 0 Å². The quantitative estimate of drug-likeness (QED) is 0.148. The van der Waals surface area contributed by atoms with Crippen LogP contribution in [0, 0.1) is 0 Å². The Hall–Kier alpha value is -3.07. The van der Waals surface area contributed by atoms with Gasteiger partial charge < -0.3 is 0 Å². The third-order valence-corrected chi connectivity index (χ3v) is 32.3. The smallest absolute Gasteiger partial charge is 0.0620 e. The van der Waals surface area contributed by atoms with Gasteiger partial charge in [-0.15, -0.1) is 0 Å². The fourth-order valence-electron chi connectivity index (χ4n) is 5.80. The maximum absolute atomic E-state index is 2.40. The van der Waals surface area contributed by atoms with Crippen LogP contribution in [0.1, 0.15) is 0 Å². The van der Waals surface area contributed by atoms with Crippen molar-refractivity contribution in [2.45, 2.75) is 0 Å². The fourth-order valence-corrected chi connectivity index (χ4v) is 36.5. The van der Waals surface area contributed by atoms with Crippen LogP contribution in [0.4, 0.5) is 0 Å². The summed E-state index contributed by atoms with van der Waals surface area (Å²) in [6.07, 6.45) is 0. The van der Waals surface area contributed by atoms with Gasteiger partial charge in [0, 0.05) is 17.4 Å². The first-order chi connectivity index (χ1) is 19.3. The van der Waals surface area contributed by atoms with Gasteiger partial charge >= 0.3 is 8.85 Å². The van der Waals surface area contributed by atoms with Crippen LogP contribution in [-0.4, -0.2) is 8.85 Å². The Balaban J connectivity index is 0.00000323. The molecule has 0 N–H and O–H groups in total. The molecular formula is C36H32CrP2Si+2. The molecule has 0 radical (unpaired) electrons. The van der Waals surface area contributed by atoms with E-state index in [1.165, 1.54) is 31.8 Å². The third kappa shape index (κ3) is 5.32. The Bertz CT molecular complexity index is 1280. The van der Waals surface area contributed by atoms with Gasteiger partial charge in [0.05, 0.1) is 31.8 Å². The molecule has 0 atom stereocenters. The second-order valence-corrected chi connectivity index (χ2v) is 25.5. The molecule has 0 saturated heterocycles. The Morgan fingerprint density at radius 3 is 0.550 bits per heavy atom. The molecule has 0 aliphatic rings. The van der Waals surface area contributed by atoms with Gasteiger partial charge in [-0.05, 0) is 72.8 Å². The molecule has 0 saturated carbocycles. The van der Waals surface area contributed by atoms with E-state index >= 15 is 0 Å². The van der Waals surface area contributed by atoms with Gasteiger partial charge in [-0.3, -0.25) is 0 Å². The standard InChI is InChI=1S/C36H32P2Si.Cr/c1-7-19-31(20-8-1)37(32-21-9-2-10-22-32,33-23-11-3-12-24-33)39-38(34-25-13-4-14-26-34,35-27-15-5-16-28-35)36-29-17-6-18-30-36;/h1-30H,39H2;/q+2;. The minimum absolute atomic E-state index is 0. The third-order valence-electron chi connectivity index (χ3n) is 7.61. The summed E-state index contributed by atoms with van der Waals surface area (Å²) in [5.74, 6) is 0. The van der Waals surface area contributed by atoms with Crippen LogP contribution in [0.25, 0.3) is 0 Å². The van der Waals surface area contributed by atoms with Crippen LogP contribution >= 0.6 is 13.6 Å². The second-order valence-electron chi connectivity index (χ2n) is 9.77. The summed E-state index contributed by atoms with van der Waals surface area (Å²) in [4.78, 5) is 0. The predicted molar refractivity (Wildman–Crippen MR) is 179 cm³/mol. The van der Waals surface area contributed by atoms with Crippen LogP contribution in [0.5, 0.6) is 0 Å². The van der Waals surface area contributed by atoms with E-state index in [1.54, 1.807) is 0 Å². The molecule has 0 bridgehead atoms. The first kappa shape index (κ1) is 28.5. The molecule has 0 aliphatic carbocycles. The van der Waals surface area contributed by atoms with Gasteiger partial charge in [-0.1, -0.05) is 109 Å². The van der Waals surface area contributed by atoms with Crippen molar-refractivity contribution in [1.82, 2.24) is 0 Å². The SMILES string of the molecule is [Cr].c1ccc([P+]([SiH2][P+](c2ccccc2)(c2ccccc2)c2ccccc2)(c2ccccc2)c2ccccc2)cc1. The van der Waals surface area contributed by atoms with Crippen molar-refractivity contribution in [3.05, 3.63) is 182 Å². The van der Waals surface area contributed by atoms with Gasteiger partial charge in [0.1, 0.15) is 13.6 Å². The second kappa shape index (κ2) is 13.1. The summed E-state index contributed by atoms with van der Waals surface area (Å²) in [6.45, 7) is -3.97. The van der Waals surface area contributed by atoms with E-state index in [0.717, 1.165) is 0 Å². The molecule has 0 nitrogen and oxygen atoms in total. The van der Waals surface area contributed by atoms with Gasteiger partial charge in [-0.2, -0.15) is 0 Å². The molecule has 4 heteroatoms. The maximum Gasteiger partial charge on any atom is 0.399 e. The topological polar surface area (TPSA) is 0 Å².